The Hall–Kier alpha value is -0.350. The Labute approximate surface area is 87.9 Å². The molecule has 4 heteroatoms. The Morgan fingerprint density at radius 1 is 1.62 bits per heavy atom. The van der Waals surface area contributed by atoms with Crippen LogP contribution in [0, 0.1) is 0 Å². The third-order valence-electron chi connectivity index (χ3n) is 1.58. The average Bonchev–Trinajstić information content (AvgIpc) is 2.57. The van der Waals surface area contributed by atoms with Crippen LogP contribution in [0.3, 0.4) is 0 Å². The molecule has 13 heavy (non-hydrogen) atoms. The van der Waals surface area contributed by atoms with E-state index in [0.717, 1.165) is 23.5 Å². The Kier molecular flexibility index (Phi) is 5.08. The lowest BCUT2D eigenvalue weighted by molar-refractivity contribution is -0.110. The van der Waals surface area contributed by atoms with Gasteiger partial charge in [-0.25, -0.2) is 0 Å². The lowest BCUT2D eigenvalue weighted by Gasteiger charge is -1.97. The number of thiol groups is 1. The Morgan fingerprint density at radius 2 is 2.46 bits per heavy atom. The van der Waals surface area contributed by atoms with E-state index < -0.39 is 0 Å². The molecule has 0 aliphatic carbocycles. The Balaban J connectivity index is 2.18. The van der Waals surface area contributed by atoms with Crippen molar-refractivity contribution in [3.05, 3.63) is 24.0 Å². The number of nitrogens with one attached hydrogen (secondary N) is 1. The molecule has 1 heterocycles. The van der Waals surface area contributed by atoms with E-state index in [9.17, 15) is 4.79 Å². The molecule has 0 saturated carbocycles. The van der Waals surface area contributed by atoms with Gasteiger partial charge in [-0.15, -0.1) is 0 Å². The van der Waals surface area contributed by atoms with Gasteiger partial charge in [-0.1, -0.05) is 11.8 Å². The Bertz CT molecular complexity index is 246. The SMILES string of the molecule is O=C(Cc1cc[nH]c1)SCCCS. The number of thioether (sulfide) groups is 1. The molecule has 0 bridgehead atoms. The van der Waals surface area contributed by atoms with Crippen LogP contribution in [0.5, 0.6) is 0 Å². The summed E-state index contributed by atoms with van der Waals surface area (Å²) in [5.41, 5.74) is 1.06. The molecule has 0 aromatic carbocycles. The van der Waals surface area contributed by atoms with Gasteiger partial charge in [-0.2, -0.15) is 12.6 Å². The van der Waals surface area contributed by atoms with E-state index in [1.54, 1.807) is 0 Å². The summed E-state index contributed by atoms with van der Waals surface area (Å²) in [5, 5.41) is 0.237. The highest BCUT2D eigenvalue weighted by Gasteiger charge is 2.03. The third-order valence-corrected chi connectivity index (χ3v) is 2.85. The first-order chi connectivity index (χ1) is 6.33. The number of carbonyl (C=O) groups is 1. The van der Waals surface area contributed by atoms with Crippen molar-refractivity contribution in [2.75, 3.05) is 11.5 Å². The van der Waals surface area contributed by atoms with Crippen molar-refractivity contribution in [2.24, 2.45) is 0 Å². The first kappa shape index (κ1) is 10.7. The topological polar surface area (TPSA) is 32.9 Å². The van der Waals surface area contributed by atoms with Gasteiger partial charge in [0.05, 0.1) is 0 Å². The zero-order valence-corrected chi connectivity index (χ0v) is 9.04. The van der Waals surface area contributed by atoms with Crippen molar-refractivity contribution in [3.63, 3.8) is 0 Å². The first-order valence-corrected chi connectivity index (χ1v) is 5.83. The standard InChI is InChI=1S/C9H13NOS2/c11-9(13-5-1-4-12)6-8-2-3-10-7-8/h2-3,7,10,12H,1,4-6H2. The second-order valence-electron chi connectivity index (χ2n) is 2.69. The summed E-state index contributed by atoms with van der Waals surface area (Å²) in [7, 11) is 0. The predicted octanol–water partition coefficient (Wildman–Crippen LogP) is 2.14. The molecule has 0 saturated heterocycles. The summed E-state index contributed by atoms with van der Waals surface area (Å²) >= 11 is 5.48. The summed E-state index contributed by atoms with van der Waals surface area (Å²) in [6.45, 7) is 0. The van der Waals surface area contributed by atoms with E-state index in [1.807, 2.05) is 18.5 Å². The molecule has 0 spiro atoms. The minimum absolute atomic E-state index is 0.237. The number of H-pyrrole nitrogens is 1. The largest absolute Gasteiger partial charge is 0.367 e. The fourth-order valence-corrected chi connectivity index (χ4v) is 2.09. The monoisotopic (exact) mass is 215 g/mol. The van der Waals surface area contributed by atoms with Crippen molar-refractivity contribution in [3.8, 4) is 0 Å². The normalized spacial score (nSPS) is 10.2. The van der Waals surface area contributed by atoms with Gasteiger partial charge in [0.1, 0.15) is 0 Å². The molecule has 0 aliphatic heterocycles. The molecule has 1 rings (SSSR count). The smallest absolute Gasteiger partial charge is 0.193 e. The minimum Gasteiger partial charge on any atom is -0.367 e. The Morgan fingerprint density at radius 3 is 3.08 bits per heavy atom. The maximum atomic E-state index is 11.3. The van der Waals surface area contributed by atoms with Crippen LogP contribution in [0.25, 0.3) is 0 Å². The predicted molar refractivity (Wildman–Crippen MR) is 60.4 cm³/mol. The van der Waals surface area contributed by atoms with Crippen LogP contribution in [-0.4, -0.2) is 21.6 Å². The van der Waals surface area contributed by atoms with Gasteiger partial charge in [-0.05, 0) is 23.8 Å². The fraction of sp³-hybridized carbons (Fsp3) is 0.444. The van der Waals surface area contributed by atoms with Gasteiger partial charge in [0, 0.05) is 24.6 Å². The molecule has 1 aromatic heterocycles. The van der Waals surface area contributed by atoms with E-state index in [0.29, 0.717) is 6.42 Å². The summed E-state index contributed by atoms with van der Waals surface area (Å²) in [4.78, 5) is 14.2. The highest BCUT2D eigenvalue weighted by atomic mass is 32.2. The highest BCUT2D eigenvalue weighted by Crippen LogP contribution is 2.09. The molecule has 72 valence electrons. The minimum atomic E-state index is 0.237. The molecule has 0 amide bonds. The van der Waals surface area contributed by atoms with Gasteiger partial charge in [0.15, 0.2) is 5.12 Å². The third kappa shape index (κ3) is 4.43. The van der Waals surface area contributed by atoms with E-state index >= 15 is 0 Å². The zero-order chi connectivity index (χ0) is 9.52. The van der Waals surface area contributed by atoms with Crippen LogP contribution < -0.4 is 0 Å². The fourth-order valence-electron chi connectivity index (χ4n) is 0.937. The van der Waals surface area contributed by atoms with Crippen molar-refractivity contribution < 1.29 is 4.79 Å². The van der Waals surface area contributed by atoms with Gasteiger partial charge >= 0.3 is 0 Å². The molecule has 0 atom stereocenters. The molecule has 1 N–H and O–H groups in total. The van der Waals surface area contributed by atoms with Crippen LogP contribution in [0.4, 0.5) is 0 Å². The maximum absolute atomic E-state index is 11.3. The molecule has 0 unspecified atom stereocenters. The van der Waals surface area contributed by atoms with Crippen LogP contribution >= 0.6 is 24.4 Å². The van der Waals surface area contributed by atoms with Gasteiger partial charge in [0.2, 0.25) is 0 Å². The lowest BCUT2D eigenvalue weighted by Crippen LogP contribution is -1.97. The number of aromatic nitrogens is 1. The maximum Gasteiger partial charge on any atom is 0.193 e. The molecule has 0 fully saturated rings. The molecule has 2 nitrogen and oxygen atoms in total. The van der Waals surface area contributed by atoms with Gasteiger partial charge in [-0.3, -0.25) is 4.79 Å². The summed E-state index contributed by atoms with van der Waals surface area (Å²) in [6, 6.07) is 1.93. The van der Waals surface area contributed by atoms with Gasteiger partial charge < -0.3 is 4.98 Å². The summed E-state index contributed by atoms with van der Waals surface area (Å²) in [6.07, 6.45) is 5.21. The van der Waals surface area contributed by atoms with Crippen molar-refractivity contribution in [1.29, 1.82) is 0 Å². The number of aromatic amines is 1. The number of rotatable bonds is 5. The molecular formula is C9H13NOS2. The van der Waals surface area contributed by atoms with Crippen LogP contribution in [0.15, 0.2) is 18.5 Å². The second kappa shape index (κ2) is 6.16. The number of hydrogen-bond donors (Lipinski definition) is 2. The van der Waals surface area contributed by atoms with Crippen molar-refractivity contribution in [1.82, 2.24) is 4.98 Å². The van der Waals surface area contributed by atoms with Crippen LogP contribution in [0.1, 0.15) is 12.0 Å². The number of carbonyl (C=O) groups excluding carboxylic acids is 1. The quantitative estimate of drug-likeness (QED) is 0.582. The van der Waals surface area contributed by atoms with E-state index in [1.165, 1.54) is 11.8 Å². The van der Waals surface area contributed by atoms with E-state index in [4.69, 9.17) is 0 Å². The summed E-state index contributed by atoms with van der Waals surface area (Å²) in [5.74, 6) is 1.73. The van der Waals surface area contributed by atoms with Crippen molar-refractivity contribution in [2.45, 2.75) is 12.8 Å². The molecule has 0 aliphatic rings. The van der Waals surface area contributed by atoms with Crippen LogP contribution in [-0.2, 0) is 11.2 Å². The molecular weight excluding hydrogens is 202 g/mol. The second-order valence-corrected chi connectivity index (χ2v) is 4.29. The van der Waals surface area contributed by atoms with Crippen LogP contribution in [0.2, 0.25) is 0 Å². The highest BCUT2D eigenvalue weighted by molar-refractivity contribution is 8.13. The van der Waals surface area contributed by atoms with Crippen molar-refractivity contribution >= 4 is 29.5 Å². The lowest BCUT2D eigenvalue weighted by atomic mass is 10.3. The molecule has 1 aromatic rings. The van der Waals surface area contributed by atoms with Gasteiger partial charge in [0.25, 0.3) is 0 Å². The van der Waals surface area contributed by atoms with E-state index in [2.05, 4.69) is 17.6 Å². The summed E-state index contributed by atoms with van der Waals surface area (Å²) < 4.78 is 0. The molecule has 0 radical (unpaired) electrons. The van der Waals surface area contributed by atoms with E-state index in [-0.39, 0.29) is 5.12 Å². The average molecular weight is 215 g/mol. The first-order valence-electron chi connectivity index (χ1n) is 4.21. The number of hydrogen-bond acceptors (Lipinski definition) is 3. The zero-order valence-electron chi connectivity index (χ0n) is 7.32.